The first-order chi connectivity index (χ1) is 12.2. The van der Waals surface area contributed by atoms with Crippen LogP contribution in [0.4, 0.5) is 4.79 Å². The molecule has 3 heterocycles. The van der Waals surface area contributed by atoms with E-state index in [0.717, 1.165) is 0 Å². The second-order valence-corrected chi connectivity index (χ2v) is 7.42. The Hall–Kier alpha value is -2.84. The van der Waals surface area contributed by atoms with Crippen molar-refractivity contribution in [2.24, 2.45) is 0 Å². The number of ether oxygens (including phenoxy) is 1. The molecule has 9 heteroatoms. The van der Waals surface area contributed by atoms with E-state index in [9.17, 15) is 19.5 Å². The van der Waals surface area contributed by atoms with E-state index in [-0.39, 0.29) is 28.8 Å². The molecule has 0 unspecified atom stereocenters. The summed E-state index contributed by atoms with van der Waals surface area (Å²) in [6, 6.07) is 1.44. The number of piperidine rings is 1. The molecule has 9 nitrogen and oxygen atoms in total. The van der Waals surface area contributed by atoms with Crippen molar-refractivity contribution in [1.82, 2.24) is 19.5 Å². The Kier molecular flexibility index (Phi) is 4.47. The van der Waals surface area contributed by atoms with Gasteiger partial charge in [0.15, 0.2) is 5.65 Å². The van der Waals surface area contributed by atoms with Crippen LogP contribution in [-0.2, 0) is 4.74 Å². The van der Waals surface area contributed by atoms with E-state index in [0.29, 0.717) is 31.6 Å². The summed E-state index contributed by atoms with van der Waals surface area (Å²) in [4.78, 5) is 39.6. The number of fused-ring (bicyclic) bond motifs is 1. The van der Waals surface area contributed by atoms with Gasteiger partial charge in [-0.15, -0.1) is 0 Å². The Morgan fingerprint density at radius 1 is 1.31 bits per heavy atom. The van der Waals surface area contributed by atoms with Crippen LogP contribution in [0.1, 0.15) is 55.6 Å². The highest BCUT2D eigenvalue weighted by atomic mass is 16.6. The minimum atomic E-state index is -1.15. The summed E-state index contributed by atoms with van der Waals surface area (Å²) < 4.78 is 6.86. The lowest BCUT2D eigenvalue weighted by Crippen LogP contribution is -2.41. The first-order valence-corrected chi connectivity index (χ1v) is 8.48. The summed E-state index contributed by atoms with van der Waals surface area (Å²) in [7, 11) is 0. The number of likely N-dealkylation sites (tertiary alicyclic amines) is 1. The van der Waals surface area contributed by atoms with Gasteiger partial charge in [0.25, 0.3) is 5.56 Å². The molecule has 26 heavy (non-hydrogen) atoms. The molecule has 1 fully saturated rings. The van der Waals surface area contributed by atoms with Gasteiger partial charge in [0.05, 0.1) is 11.9 Å². The number of nitrogens with zero attached hydrogens (tertiary/aromatic N) is 3. The van der Waals surface area contributed by atoms with Crippen molar-refractivity contribution in [2.75, 3.05) is 13.1 Å². The smallest absolute Gasteiger partial charge is 0.410 e. The number of aromatic nitrogens is 3. The van der Waals surface area contributed by atoms with Crippen LogP contribution in [0, 0.1) is 0 Å². The van der Waals surface area contributed by atoms with Gasteiger partial charge in [-0.1, -0.05) is 0 Å². The van der Waals surface area contributed by atoms with Crippen LogP contribution in [0.3, 0.4) is 0 Å². The van der Waals surface area contributed by atoms with Crippen molar-refractivity contribution in [2.45, 2.75) is 45.1 Å². The molecule has 1 saturated heterocycles. The first kappa shape index (κ1) is 18.0. The molecule has 140 valence electrons. The molecule has 0 spiro atoms. The average Bonchev–Trinajstić information content (AvgIpc) is 2.96. The number of rotatable bonds is 2. The predicted octanol–water partition coefficient (Wildman–Crippen LogP) is 1.84. The van der Waals surface area contributed by atoms with Gasteiger partial charge in [-0.25, -0.2) is 14.1 Å². The largest absolute Gasteiger partial charge is 0.477 e. The number of carboxylic acids is 1. The van der Waals surface area contributed by atoms with Crippen LogP contribution in [-0.4, -0.2) is 55.4 Å². The van der Waals surface area contributed by atoms with Crippen molar-refractivity contribution in [3.05, 3.63) is 33.9 Å². The number of carbonyl (C=O) groups excluding carboxylic acids is 1. The number of carboxylic acid groups (broad SMARTS) is 1. The molecule has 0 aromatic carbocycles. The maximum atomic E-state index is 12.2. The SMILES string of the molecule is CC(C)(C)OC(=O)N1CCC(c2cc(=O)[nH]c3c(C(=O)O)cnn23)CC1. The highest BCUT2D eigenvalue weighted by Gasteiger charge is 2.29. The molecule has 0 saturated carbocycles. The Balaban J connectivity index is 1.81. The third-order valence-electron chi connectivity index (χ3n) is 4.33. The zero-order chi connectivity index (χ0) is 19.1. The van der Waals surface area contributed by atoms with Crippen molar-refractivity contribution < 1.29 is 19.4 Å². The Morgan fingerprint density at radius 3 is 2.54 bits per heavy atom. The zero-order valence-electron chi connectivity index (χ0n) is 15.0. The number of H-pyrrole nitrogens is 1. The van der Waals surface area contributed by atoms with Gasteiger partial charge in [-0.05, 0) is 33.6 Å². The summed E-state index contributed by atoms with van der Waals surface area (Å²) >= 11 is 0. The number of hydrogen-bond donors (Lipinski definition) is 2. The fourth-order valence-electron chi connectivity index (χ4n) is 3.14. The lowest BCUT2D eigenvalue weighted by atomic mass is 9.93. The number of amides is 1. The minimum Gasteiger partial charge on any atom is -0.477 e. The summed E-state index contributed by atoms with van der Waals surface area (Å²) in [5.41, 5.74) is -0.135. The summed E-state index contributed by atoms with van der Waals surface area (Å²) in [5, 5.41) is 13.3. The van der Waals surface area contributed by atoms with E-state index in [1.54, 1.807) is 4.90 Å². The van der Waals surface area contributed by atoms with E-state index in [1.807, 2.05) is 20.8 Å². The molecule has 2 aromatic rings. The monoisotopic (exact) mass is 362 g/mol. The van der Waals surface area contributed by atoms with Crippen LogP contribution in [0.2, 0.25) is 0 Å². The maximum Gasteiger partial charge on any atom is 0.410 e. The molecule has 0 radical (unpaired) electrons. The third-order valence-corrected chi connectivity index (χ3v) is 4.33. The lowest BCUT2D eigenvalue weighted by Gasteiger charge is -2.33. The quantitative estimate of drug-likeness (QED) is 0.842. The molecule has 1 amide bonds. The molecule has 0 atom stereocenters. The maximum absolute atomic E-state index is 12.2. The van der Waals surface area contributed by atoms with Crippen molar-refractivity contribution >= 4 is 17.7 Å². The van der Waals surface area contributed by atoms with Gasteiger partial charge in [-0.3, -0.25) is 4.79 Å². The number of hydrogen-bond acceptors (Lipinski definition) is 5. The number of aromatic carboxylic acids is 1. The van der Waals surface area contributed by atoms with Crippen LogP contribution in [0.25, 0.3) is 5.65 Å². The molecule has 0 aliphatic carbocycles. The van der Waals surface area contributed by atoms with Gasteiger partial charge in [-0.2, -0.15) is 5.10 Å². The molecule has 0 bridgehead atoms. The third kappa shape index (κ3) is 3.56. The van der Waals surface area contributed by atoms with Gasteiger partial charge >= 0.3 is 12.1 Å². The number of aromatic amines is 1. The van der Waals surface area contributed by atoms with E-state index in [4.69, 9.17) is 4.74 Å². The summed E-state index contributed by atoms with van der Waals surface area (Å²) in [6.45, 7) is 6.47. The van der Waals surface area contributed by atoms with Gasteiger partial charge in [0.1, 0.15) is 11.2 Å². The Morgan fingerprint density at radius 2 is 1.96 bits per heavy atom. The molecule has 1 aliphatic rings. The zero-order valence-corrected chi connectivity index (χ0v) is 15.0. The van der Waals surface area contributed by atoms with Crippen LogP contribution in [0.15, 0.2) is 17.1 Å². The molecule has 1 aliphatic heterocycles. The van der Waals surface area contributed by atoms with Crippen molar-refractivity contribution in [3.63, 3.8) is 0 Å². The highest BCUT2D eigenvalue weighted by molar-refractivity contribution is 5.94. The normalized spacial score (nSPS) is 16.0. The summed E-state index contributed by atoms with van der Waals surface area (Å²) in [5.74, 6) is -1.15. The van der Waals surface area contributed by atoms with Crippen LogP contribution < -0.4 is 5.56 Å². The van der Waals surface area contributed by atoms with E-state index < -0.39 is 11.6 Å². The van der Waals surface area contributed by atoms with Crippen LogP contribution in [0.5, 0.6) is 0 Å². The fourth-order valence-corrected chi connectivity index (χ4v) is 3.14. The first-order valence-electron chi connectivity index (χ1n) is 8.48. The van der Waals surface area contributed by atoms with Crippen LogP contribution >= 0.6 is 0 Å². The topological polar surface area (TPSA) is 117 Å². The molecule has 3 rings (SSSR count). The van der Waals surface area contributed by atoms with Gasteiger partial charge < -0.3 is 19.7 Å². The number of carbonyl (C=O) groups is 2. The Labute approximate surface area is 149 Å². The molecular weight excluding hydrogens is 340 g/mol. The predicted molar refractivity (Wildman–Crippen MR) is 92.6 cm³/mol. The van der Waals surface area contributed by atoms with Crippen molar-refractivity contribution in [1.29, 1.82) is 0 Å². The Bertz CT molecular complexity index is 900. The second kappa shape index (κ2) is 6.47. The average molecular weight is 362 g/mol. The van der Waals surface area contributed by atoms with Gasteiger partial charge in [0.2, 0.25) is 0 Å². The molecule has 2 N–H and O–H groups in total. The number of nitrogens with one attached hydrogen (secondary N) is 1. The highest BCUT2D eigenvalue weighted by Crippen LogP contribution is 2.28. The standard InChI is InChI=1S/C17H22N4O5/c1-17(2,3)26-16(25)20-6-4-10(5-7-20)12-8-13(22)19-14-11(15(23)24)9-18-21(12)14/h8-10H,4-7H2,1-3H3,(H,19,22)(H,23,24). The minimum absolute atomic E-state index is 0.0000293. The second-order valence-electron chi connectivity index (χ2n) is 7.42. The van der Waals surface area contributed by atoms with E-state index >= 15 is 0 Å². The fraction of sp³-hybridized carbons (Fsp3) is 0.529. The summed E-state index contributed by atoms with van der Waals surface area (Å²) in [6.07, 6.45) is 2.16. The van der Waals surface area contributed by atoms with E-state index in [2.05, 4.69) is 10.1 Å². The molecule has 2 aromatic heterocycles. The van der Waals surface area contributed by atoms with E-state index in [1.165, 1.54) is 16.8 Å². The molecular formula is C17H22N4O5. The van der Waals surface area contributed by atoms with Gasteiger partial charge in [0, 0.05) is 25.1 Å². The lowest BCUT2D eigenvalue weighted by molar-refractivity contribution is 0.0203. The van der Waals surface area contributed by atoms with Crippen molar-refractivity contribution in [3.8, 4) is 0 Å².